The summed E-state index contributed by atoms with van der Waals surface area (Å²) in [7, 11) is 4.51. The van der Waals surface area contributed by atoms with Gasteiger partial charge in [0.25, 0.3) is 0 Å². The van der Waals surface area contributed by atoms with Crippen LogP contribution in [-0.2, 0) is 0 Å². The Morgan fingerprint density at radius 1 is 1.07 bits per heavy atom. The molecule has 2 unspecified atom stereocenters. The lowest BCUT2D eigenvalue weighted by Gasteiger charge is -2.50. The topological polar surface area (TPSA) is 18.5 Å². The van der Waals surface area contributed by atoms with Crippen molar-refractivity contribution in [2.45, 2.75) is 24.9 Å². The van der Waals surface area contributed by atoms with Crippen LogP contribution in [0.1, 0.15) is 12.8 Å². The van der Waals surface area contributed by atoms with Crippen LogP contribution < -0.4 is 5.32 Å². The largest absolute Gasteiger partial charge is 0.316 e. The van der Waals surface area contributed by atoms with E-state index in [2.05, 4.69) is 29.2 Å². The van der Waals surface area contributed by atoms with E-state index in [1.54, 1.807) is 0 Å². The van der Waals surface area contributed by atoms with Gasteiger partial charge in [-0.15, -0.1) is 0 Å². The van der Waals surface area contributed by atoms with E-state index in [4.69, 9.17) is 0 Å². The molecule has 3 fully saturated rings. The lowest BCUT2D eigenvalue weighted by atomic mass is 9.79. The van der Waals surface area contributed by atoms with Gasteiger partial charge in [0.15, 0.2) is 0 Å². The number of hydrogen-bond acceptors (Lipinski definition) is 3. The molecule has 86 valence electrons. The van der Waals surface area contributed by atoms with E-state index in [0.29, 0.717) is 0 Å². The SMILES string of the molecule is CN(C)C1C2CNCC1CN(C1CC1)C2. The van der Waals surface area contributed by atoms with Gasteiger partial charge in [0, 0.05) is 38.3 Å². The van der Waals surface area contributed by atoms with Crippen LogP contribution in [0.25, 0.3) is 0 Å². The zero-order valence-electron chi connectivity index (χ0n) is 9.95. The van der Waals surface area contributed by atoms with Gasteiger partial charge in [-0.2, -0.15) is 0 Å². The molecule has 15 heavy (non-hydrogen) atoms. The van der Waals surface area contributed by atoms with E-state index in [0.717, 1.165) is 23.9 Å². The van der Waals surface area contributed by atoms with Gasteiger partial charge < -0.3 is 10.2 Å². The number of piperidine rings is 2. The first kappa shape index (κ1) is 10.1. The van der Waals surface area contributed by atoms with Crippen molar-refractivity contribution in [3.05, 3.63) is 0 Å². The Morgan fingerprint density at radius 3 is 2.13 bits per heavy atom. The van der Waals surface area contributed by atoms with Crippen LogP contribution in [0.5, 0.6) is 0 Å². The summed E-state index contributed by atoms with van der Waals surface area (Å²) in [5.41, 5.74) is 0. The van der Waals surface area contributed by atoms with E-state index in [1.165, 1.54) is 39.0 Å². The molecular formula is C12H23N3. The van der Waals surface area contributed by atoms with Gasteiger partial charge >= 0.3 is 0 Å². The number of nitrogens with zero attached hydrogens (tertiary/aromatic N) is 2. The minimum atomic E-state index is 0.821. The Balaban J connectivity index is 1.73. The van der Waals surface area contributed by atoms with Gasteiger partial charge in [-0.3, -0.25) is 4.90 Å². The average Bonchev–Trinajstić information content (AvgIpc) is 2.98. The molecule has 3 aliphatic rings. The molecule has 3 heteroatoms. The third-order valence-corrected chi connectivity index (χ3v) is 4.38. The van der Waals surface area contributed by atoms with E-state index in [-0.39, 0.29) is 0 Å². The third kappa shape index (κ3) is 1.81. The summed E-state index contributed by atoms with van der Waals surface area (Å²) >= 11 is 0. The first-order valence-electron chi connectivity index (χ1n) is 6.37. The lowest BCUT2D eigenvalue weighted by Crippen LogP contribution is -2.63. The first-order chi connectivity index (χ1) is 7.25. The molecule has 3 rings (SSSR count). The number of likely N-dealkylation sites (tertiary alicyclic amines) is 1. The van der Waals surface area contributed by atoms with Crippen LogP contribution in [0, 0.1) is 11.8 Å². The Hall–Kier alpha value is -0.120. The van der Waals surface area contributed by atoms with Crippen LogP contribution in [0.4, 0.5) is 0 Å². The van der Waals surface area contributed by atoms with Crippen molar-refractivity contribution in [2.24, 2.45) is 11.8 Å². The van der Waals surface area contributed by atoms with Crippen molar-refractivity contribution in [1.82, 2.24) is 15.1 Å². The van der Waals surface area contributed by atoms with E-state index < -0.39 is 0 Å². The molecule has 2 atom stereocenters. The molecule has 1 saturated carbocycles. The monoisotopic (exact) mass is 209 g/mol. The van der Waals surface area contributed by atoms with E-state index in [1.807, 2.05) is 0 Å². The molecule has 2 saturated heterocycles. The minimum absolute atomic E-state index is 0.821. The highest BCUT2D eigenvalue weighted by Gasteiger charge is 2.44. The van der Waals surface area contributed by atoms with Crippen molar-refractivity contribution in [3.8, 4) is 0 Å². The lowest BCUT2D eigenvalue weighted by molar-refractivity contribution is 0.00788. The maximum atomic E-state index is 3.60. The van der Waals surface area contributed by atoms with Gasteiger partial charge in [-0.1, -0.05) is 0 Å². The van der Waals surface area contributed by atoms with Crippen molar-refractivity contribution in [2.75, 3.05) is 40.3 Å². The molecule has 0 spiro atoms. The molecular weight excluding hydrogens is 186 g/mol. The molecule has 0 aromatic carbocycles. The minimum Gasteiger partial charge on any atom is -0.316 e. The maximum Gasteiger partial charge on any atom is 0.0194 e. The summed E-state index contributed by atoms with van der Waals surface area (Å²) in [5.74, 6) is 1.71. The molecule has 1 aliphatic carbocycles. The van der Waals surface area contributed by atoms with Crippen LogP contribution in [0.2, 0.25) is 0 Å². The summed E-state index contributed by atoms with van der Waals surface area (Å²) in [4.78, 5) is 5.22. The van der Waals surface area contributed by atoms with Gasteiger partial charge in [0.05, 0.1) is 0 Å². The molecule has 0 amide bonds. The molecule has 0 aromatic heterocycles. The van der Waals surface area contributed by atoms with Crippen molar-refractivity contribution in [1.29, 1.82) is 0 Å². The van der Waals surface area contributed by atoms with Crippen LogP contribution in [0.3, 0.4) is 0 Å². The maximum absolute atomic E-state index is 3.60. The summed E-state index contributed by atoms with van der Waals surface area (Å²) < 4.78 is 0. The van der Waals surface area contributed by atoms with Gasteiger partial charge in [-0.05, 0) is 38.8 Å². The molecule has 3 nitrogen and oxygen atoms in total. The second kappa shape index (κ2) is 3.72. The van der Waals surface area contributed by atoms with Crippen LogP contribution in [0.15, 0.2) is 0 Å². The van der Waals surface area contributed by atoms with Gasteiger partial charge in [0.2, 0.25) is 0 Å². The molecule has 0 radical (unpaired) electrons. The number of hydrogen-bond donors (Lipinski definition) is 1. The van der Waals surface area contributed by atoms with Crippen LogP contribution in [-0.4, -0.2) is 62.2 Å². The highest BCUT2D eigenvalue weighted by molar-refractivity contribution is 5.00. The fourth-order valence-electron chi connectivity index (χ4n) is 3.68. The molecule has 0 aromatic rings. The fourth-order valence-corrected chi connectivity index (χ4v) is 3.68. The first-order valence-corrected chi connectivity index (χ1v) is 6.37. The quantitative estimate of drug-likeness (QED) is 0.702. The Bertz CT molecular complexity index is 223. The second-order valence-electron chi connectivity index (χ2n) is 5.82. The molecule has 2 bridgehead atoms. The van der Waals surface area contributed by atoms with Crippen molar-refractivity contribution >= 4 is 0 Å². The number of fused-ring (bicyclic) bond motifs is 2. The molecule has 2 heterocycles. The Labute approximate surface area is 92.8 Å². The highest BCUT2D eigenvalue weighted by atomic mass is 15.2. The predicted molar refractivity (Wildman–Crippen MR) is 61.9 cm³/mol. The third-order valence-electron chi connectivity index (χ3n) is 4.38. The summed E-state index contributed by atoms with van der Waals surface area (Å²) in [6.45, 7) is 5.11. The average molecular weight is 209 g/mol. The predicted octanol–water partition coefficient (Wildman–Crippen LogP) is 0.230. The Kier molecular flexibility index (Phi) is 2.49. The molecule has 1 N–H and O–H groups in total. The van der Waals surface area contributed by atoms with Crippen molar-refractivity contribution in [3.63, 3.8) is 0 Å². The Morgan fingerprint density at radius 2 is 1.67 bits per heavy atom. The number of rotatable bonds is 2. The molecule has 2 aliphatic heterocycles. The fraction of sp³-hybridized carbons (Fsp3) is 1.00. The summed E-state index contributed by atoms with van der Waals surface area (Å²) in [6.07, 6.45) is 2.92. The highest BCUT2D eigenvalue weighted by Crippen LogP contribution is 2.35. The van der Waals surface area contributed by atoms with Gasteiger partial charge in [0.1, 0.15) is 0 Å². The standard InChI is InChI=1S/C12H23N3/c1-14(2)12-9-5-13-6-10(12)8-15(7-9)11-3-4-11/h9-13H,3-8H2,1-2H3. The zero-order chi connectivity index (χ0) is 10.4. The van der Waals surface area contributed by atoms with E-state index in [9.17, 15) is 0 Å². The van der Waals surface area contributed by atoms with Crippen molar-refractivity contribution < 1.29 is 0 Å². The smallest absolute Gasteiger partial charge is 0.0194 e. The summed E-state index contributed by atoms with van der Waals surface area (Å²) in [5, 5.41) is 3.60. The second-order valence-corrected chi connectivity index (χ2v) is 5.82. The number of nitrogens with one attached hydrogen (secondary N) is 1. The summed E-state index contributed by atoms with van der Waals surface area (Å²) in [6, 6.07) is 1.78. The van der Waals surface area contributed by atoms with Gasteiger partial charge in [-0.25, -0.2) is 0 Å². The normalized spacial score (nSPS) is 42.2. The van der Waals surface area contributed by atoms with Crippen LogP contribution >= 0.6 is 0 Å². The zero-order valence-corrected chi connectivity index (χ0v) is 9.95. The van der Waals surface area contributed by atoms with E-state index >= 15 is 0 Å².